The third kappa shape index (κ3) is 2.19. The zero-order valence-corrected chi connectivity index (χ0v) is 11.2. The number of aliphatic carboxylic acids is 1. The summed E-state index contributed by atoms with van der Waals surface area (Å²) in [5, 5.41) is 13.1. The van der Waals surface area contributed by atoms with Crippen LogP contribution in [0.5, 0.6) is 0 Å². The minimum Gasteiger partial charge on any atom is -0.480 e. The van der Waals surface area contributed by atoms with Crippen LogP contribution in [0.15, 0.2) is 16.9 Å². The Kier molecular flexibility index (Phi) is 3.46. The third-order valence-electron chi connectivity index (χ3n) is 4.55. The van der Waals surface area contributed by atoms with Crippen LogP contribution in [0, 0.1) is 5.92 Å². The van der Waals surface area contributed by atoms with E-state index in [1.165, 1.54) is 18.8 Å². The van der Waals surface area contributed by atoms with E-state index in [1.54, 1.807) is 4.90 Å². The van der Waals surface area contributed by atoms with Crippen LogP contribution in [0.25, 0.3) is 0 Å². The van der Waals surface area contributed by atoms with E-state index in [2.05, 4.69) is 5.16 Å². The molecule has 2 fully saturated rings. The number of aromatic nitrogens is 1. The molecule has 1 amide bonds. The van der Waals surface area contributed by atoms with Gasteiger partial charge in [-0.15, -0.1) is 0 Å². The highest BCUT2D eigenvalue weighted by molar-refractivity contribution is 5.95. The van der Waals surface area contributed by atoms with Crippen molar-refractivity contribution in [1.29, 1.82) is 0 Å². The van der Waals surface area contributed by atoms with E-state index in [0.717, 1.165) is 25.7 Å². The molecular formula is C14H18N2O4. The second kappa shape index (κ2) is 5.26. The first-order valence-corrected chi connectivity index (χ1v) is 7.14. The maximum Gasteiger partial charge on any atom is 0.326 e. The van der Waals surface area contributed by atoms with Crippen LogP contribution in [0.2, 0.25) is 0 Å². The van der Waals surface area contributed by atoms with E-state index in [1.807, 2.05) is 0 Å². The molecule has 1 saturated carbocycles. The second-order valence-electron chi connectivity index (χ2n) is 5.64. The zero-order valence-electron chi connectivity index (χ0n) is 11.2. The molecule has 3 atom stereocenters. The normalized spacial score (nSPS) is 29.8. The Labute approximate surface area is 116 Å². The molecule has 6 nitrogen and oxygen atoms in total. The van der Waals surface area contributed by atoms with Crippen LogP contribution < -0.4 is 0 Å². The number of carbonyl (C=O) groups is 2. The molecule has 1 aromatic heterocycles. The second-order valence-corrected chi connectivity index (χ2v) is 5.64. The predicted molar refractivity (Wildman–Crippen MR) is 69.1 cm³/mol. The number of carbonyl (C=O) groups excluding carboxylic acids is 1. The summed E-state index contributed by atoms with van der Waals surface area (Å²) >= 11 is 0. The molecule has 1 aromatic rings. The maximum atomic E-state index is 12.6. The number of hydrogen-bond donors (Lipinski definition) is 1. The van der Waals surface area contributed by atoms with Crippen LogP contribution in [-0.4, -0.2) is 39.1 Å². The van der Waals surface area contributed by atoms with Gasteiger partial charge in [-0.3, -0.25) is 4.79 Å². The van der Waals surface area contributed by atoms with Crippen LogP contribution in [0.3, 0.4) is 0 Å². The van der Waals surface area contributed by atoms with Crippen molar-refractivity contribution in [2.45, 2.75) is 50.6 Å². The van der Waals surface area contributed by atoms with Gasteiger partial charge in [0.1, 0.15) is 12.3 Å². The highest BCUT2D eigenvalue weighted by Crippen LogP contribution is 2.38. The topological polar surface area (TPSA) is 83.6 Å². The monoisotopic (exact) mass is 278 g/mol. The Bertz CT molecular complexity index is 499. The lowest BCUT2D eigenvalue weighted by Crippen LogP contribution is -2.57. The molecule has 108 valence electrons. The molecule has 3 rings (SSSR count). The number of carboxylic acid groups (broad SMARTS) is 1. The first-order chi connectivity index (χ1) is 9.68. The van der Waals surface area contributed by atoms with Crippen LogP contribution in [-0.2, 0) is 4.79 Å². The quantitative estimate of drug-likeness (QED) is 0.893. The van der Waals surface area contributed by atoms with E-state index in [4.69, 9.17) is 4.52 Å². The fourth-order valence-corrected chi connectivity index (χ4v) is 3.62. The molecule has 0 spiro atoms. The van der Waals surface area contributed by atoms with E-state index in [-0.39, 0.29) is 17.6 Å². The average molecular weight is 278 g/mol. The number of carboxylic acids is 1. The van der Waals surface area contributed by atoms with Gasteiger partial charge in [-0.1, -0.05) is 18.0 Å². The van der Waals surface area contributed by atoms with Gasteiger partial charge in [-0.05, 0) is 31.6 Å². The van der Waals surface area contributed by atoms with Crippen molar-refractivity contribution in [3.8, 4) is 0 Å². The molecule has 1 saturated heterocycles. The van der Waals surface area contributed by atoms with Gasteiger partial charge in [0.05, 0.1) is 0 Å². The fraction of sp³-hybridized carbons (Fsp3) is 0.643. The van der Waals surface area contributed by atoms with Crippen molar-refractivity contribution in [2.75, 3.05) is 0 Å². The first kappa shape index (κ1) is 13.1. The van der Waals surface area contributed by atoms with Gasteiger partial charge in [0.25, 0.3) is 5.91 Å². The third-order valence-corrected chi connectivity index (χ3v) is 4.55. The Balaban J connectivity index is 1.91. The van der Waals surface area contributed by atoms with Crippen molar-refractivity contribution in [1.82, 2.24) is 10.1 Å². The molecule has 1 aliphatic carbocycles. The molecule has 1 aliphatic heterocycles. The molecule has 0 radical (unpaired) electrons. The molecule has 1 N–H and O–H groups in total. The summed E-state index contributed by atoms with van der Waals surface area (Å²) in [4.78, 5) is 25.6. The van der Waals surface area contributed by atoms with E-state index in [9.17, 15) is 14.7 Å². The summed E-state index contributed by atoms with van der Waals surface area (Å²) < 4.78 is 4.71. The zero-order chi connectivity index (χ0) is 14.1. The molecule has 2 heterocycles. The van der Waals surface area contributed by atoms with Crippen molar-refractivity contribution in [2.24, 2.45) is 5.92 Å². The summed E-state index contributed by atoms with van der Waals surface area (Å²) in [5.74, 6) is -0.816. The Morgan fingerprint density at radius 1 is 1.25 bits per heavy atom. The van der Waals surface area contributed by atoms with Gasteiger partial charge in [-0.2, -0.15) is 0 Å². The fourth-order valence-electron chi connectivity index (χ4n) is 3.62. The smallest absolute Gasteiger partial charge is 0.326 e. The van der Waals surface area contributed by atoms with Crippen LogP contribution >= 0.6 is 0 Å². The maximum absolute atomic E-state index is 12.6. The molecule has 3 unspecified atom stereocenters. The van der Waals surface area contributed by atoms with Gasteiger partial charge in [-0.25, -0.2) is 4.79 Å². The van der Waals surface area contributed by atoms with E-state index in [0.29, 0.717) is 12.3 Å². The Hall–Kier alpha value is -1.85. The molecule has 20 heavy (non-hydrogen) atoms. The number of likely N-dealkylation sites (tertiary alicyclic amines) is 1. The highest BCUT2D eigenvalue weighted by Gasteiger charge is 2.44. The lowest BCUT2D eigenvalue weighted by molar-refractivity contribution is -0.146. The van der Waals surface area contributed by atoms with Crippen LogP contribution in [0.1, 0.15) is 49.0 Å². The van der Waals surface area contributed by atoms with Crippen molar-refractivity contribution < 1.29 is 19.2 Å². The number of nitrogens with zero attached hydrogens (tertiary/aromatic N) is 2. The Morgan fingerprint density at radius 2 is 2.05 bits per heavy atom. The van der Waals surface area contributed by atoms with Crippen LogP contribution in [0.4, 0.5) is 0 Å². The largest absolute Gasteiger partial charge is 0.480 e. The number of hydrogen-bond acceptors (Lipinski definition) is 4. The summed E-state index contributed by atoms with van der Waals surface area (Å²) in [5.41, 5.74) is 0.197. The molecular weight excluding hydrogens is 260 g/mol. The lowest BCUT2D eigenvalue weighted by Gasteiger charge is -2.46. The number of amides is 1. The SMILES string of the molecule is O=C(O)C1CCC2CCCCC2N1C(=O)c1ccon1. The molecule has 2 aliphatic rings. The minimum absolute atomic E-state index is 0.0304. The van der Waals surface area contributed by atoms with Gasteiger partial charge < -0.3 is 14.5 Å². The average Bonchev–Trinajstić information content (AvgIpc) is 2.99. The molecule has 0 bridgehead atoms. The summed E-state index contributed by atoms with van der Waals surface area (Å²) in [7, 11) is 0. The summed E-state index contributed by atoms with van der Waals surface area (Å²) in [6, 6.07) is 0.787. The van der Waals surface area contributed by atoms with Crippen molar-refractivity contribution >= 4 is 11.9 Å². The van der Waals surface area contributed by atoms with Crippen molar-refractivity contribution in [3.63, 3.8) is 0 Å². The van der Waals surface area contributed by atoms with Gasteiger partial charge in [0.2, 0.25) is 0 Å². The summed E-state index contributed by atoms with van der Waals surface area (Å²) in [6.07, 6.45) is 6.95. The highest BCUT2D eigenvalue weighted by atomic mass is 16.5. The predicted octanol–water partition coefficient (Wildman–Crippen LogP) is 1.92. The van der Waals surface area contributed by atoms with Gasteiger partial charge in [0.15, 0.2) is 5.69 Å². The van der Waals surface area contributed by atoms with Crippen molar-refractivity contribution in [3.05, 3.63) is 18.0 Å². The van der Waals surface area contributed by atoms with Gasteiger partial charge >= 0.3 is 5.97 Å². The Morgan fingerprint density at radius 3 is 2.75 bits per heavy atom. The number of fused-ring (bicyclic) bond motifs is 1. The van der Waals surface area contributed by atoms with E-state index < -0.39 is 12.0 Å². The van der Waals surface area contributed by atoms with E-state index >= 15 is 0 Å². The number of rotatable bonds is 2. The molecule has 6 heteroatoms. The lowest BCUT2D eigenvalue weighted by atomic mass is 9.76. The standard InChI is InChI=1S/C14H18N2O4/c17-13(10-7-8-20-15-10)16-11-4-2-1-3-9(11)5-6-12(16)14(18)19/h7-9,11-12H,1-6H2,(H,18,19). The first-order valence-electron chi connectivity index (χ1n) is 7.14. The van der Waals surface area contributed by atoms with Gasteiger partial charge in [0, 0.05) is 12.1 Å². The minimum atomic E-state index is -0.925. The molecule has 0 aromatic carbocycles. The summed E-state index contributed by atoms with van der Waals surface area (Å²) in [6.45, 7) is 0. The number of piperidine rings is 1.